The van der Waals surface area contributed by atoms with Crippen LogP contribution >= 0.6 is 0 Å². The van der Waals surface area contributed by atoms with E-state index in [1.807, 2.05) is 6.07 Å². The quantitative estimate of drug-likeness (QED) is 0.621. The number of hydrogen-bond donors (Lipinski definition) is 3. The van der Waals surface area contributed by atoms with Gasteiger partial charge in [-0.05, 0) is 6.07 Å². The van der Waals surface area contributed by atoms with Crippen molar-refractivity contribution < 1.29 is 4.74 Å². The van der Waals surface area contributed by atoms with Crippen LogP contribution < -0.4 is 10.9 Å². The van der Waals surface area contributed by atoms with Crippen molar-refractivity contribution in [2.75, 3.05) is 20.3 Å². The van der Waals surface area contributed by atoms with E-state index in [1.54, 1.807) is 7.11 Å². The smallest absolute Gasteiger partial charge is 0.275 e. The number of nitrogens with zero attached hydrogens (tertiary/aromatic N) is 1. The summed E-state index contributed by atoms with van der Waals surface area (Å²) in [6.07, 6.45) is 1.40. The molecule has 0 aliphatic heterocycles. The molecule has 0 spiro atoms. The van der Waals surface area contributed by atoms with Gasteiger partial charge in [0.1, 0.15) is 5.52 Å². The lowest BCUT2D eigenvalue weighted by Gasteiger charge is -2.00. The van der Waals surface area contributed by atoms with E-state index in [4.69, 9.17) is 4.74 Å². The molecule has 0 saturated heterocycles. The highest BCUT2D eigenvalue weighted by molar-refractivity contribution is 5.74. The van der Waals surface area contributed by atoms with Crippen LogP contribution in [0.1, 0.15) is 5.69 Å². The van der Waals surface area contributed by atoms with Gasteiger partial charge in [0.25, 0.3) is 5.56 Å². The summed E-state index contributed by atoms with van der Waals surface area (Å²) in [6.45, 7) is 2.11. The maximum atomic E-state index is 11.4. The van der Waals surface area contributed by atoms with Gasteiger partial charge in [0, 0.05) is 25.9 Å². The molecule has 0 unspecified atom stereocenters. The Labute approximate surface area is 92.0 Å². The molecule has 0 aromatic carbocycles. The van der Waals surface area contributed by atoms with Gasteiger partial charge < -0.3 is 20.0 Å². The third-order valence-electron chi connectivity index (χ3n) is 2.28. The lowest BCUT2D eigenvalue weighted by molar-refractivity contribution is 0.199. The molecule has 16 heavy (non-hydrogen) atoms. The first-order chi connectivity index (χ1) is 7.81. The number of ether oxygens (including phenoxy) is 1. The van der Waals surface area contributed by atoms with Gasteiger partial charge in [-0.2, -0.15) is 0 Å². The molecule has 0 atom stereocenters. The Bertz CT molecular complexity index is 517. The zero-order valence-corrected chi connectivity index (χ0v) is 9.04. The van der Waals surface area contributed by atoms with Gasteiger partial charge in [-0.3, -0.25) is 4.79 Å². The molecule has 86 valence electrons. The molecule has 0 aliphatic rings. The number of hydrogen-bond acceptors (Lipinski definition) is 4. The first-order valence-corrected chi connectivity index (χ1v) is 5.06. The van der Waals surface area contributed by atoms with E-state index in [0.717, 1.165) is 12.2 Å². The third kappa shape index (κ3) is 2.29. The molecule has 0 saturated carbocycles. The highest BCUT2D eigenvalue weighted by Gasteiger charge is 2.03. The summed E-state index contributed by atoms with van der Waals surface area (Å²) in [5.41, 5.74) is 2.00. The highest BCUT2D eigenvalue weighted by Crippen LogP contribution is 2.07. The minimum absolute atomic E-state index is 0.145. The lowest BCUT2D eigenvalue weighted by atomic mass is 10.4. The van der Waals surface area contributed by atoms with Crippen molar-refractivity contribution in [3.63, 3.8) is 0 Å². The Morgan fingerprint density at radius 2 is 2.44 bits per heavy atom. The second kappa shape index (κ2) is 4.91. The Kier molecular flexibility index (Phi) is 3.33. The minimum Gasteiger partial charge on any atom is -0.383 e. The van der Waals surface area contributed by atoms with Crippen molar-refractivity contribution >= 4 is 11.0 Å². The minimum atomic E-state index is -0.145. The number of methoxy groups -OCH3 is 1. The predicted molar refractivity (Wildman–Crippen MR) is 60.3 cm³/mol. The second-order valence-corrected chi connectivity index (χ2v) is 3.46. The molecule has 6 heteroatoms. The van der Waals surface area contributed by atoms with Crippen LogP contribution in [0, 0.1) is 0 Å². The van der Waals surface area contributed by atoms with Crippen LogP contribution in [0.15, 0.2) is 17.2 Å². The average molecular weight is 222 g/mol. The summed E-state index contributed by atoms with van der Waals surface area (Å²) in [7, 11) is 1.66. The number of fused-ring (bicyclic) bond motifs is 1. The SMILES string of the molecule is COCCNCc1cc2nc[nH]c(=O)c2[nH]1. The normalized spacial score (nSPS) is 11.1. The second-order valence-electron chi connectivity index (χ2n) is 3.46. The van der Waals surface area contributed by atoms with E-state index < -0.39 is 0 Å². The van der Waals surface area contributed by atoms with Crippen molar-refractivity contribution in [3.05, 3.63) is 28.4 Å². The topological polar surface area (TPSA) is 82.8 Å². The van der Waals surface area contributed by atoms with E-state index in [0.29, 0.717) is 24.2 Å². The fraction of sp³-hybridized carbons (Fsp3) is 0.400. The van der Waals surface area contributed by atoms with E-state index >= 15 is 0 Å². The van der Waals surface area contributed by atoms with Gasteiger partial charge in [0.15, 0.2) is 0 Å². The van der Waals surface area contributed by atoms with Gasteiger partial charge in [-0.25, -0.2) is 4.98 Å². The zero-order chi connectivity index (χ0) is 11.4. The van der Waals surface area contributed by atoms with Gasteiger partial charge in [-0.1, -0.05) is 0 Å². The molecule has 0 radical (unpaired) electrons. The van der Waals surface area contributed by atoms with Crippen molar-refractivity contribution in [1.29, 1.82) is 0 Å². The fourth-order valence-corrected chi connectivity index (χ4v) is 1.50. The van der Waals surface area contributed by atoms with Gasteiger partial charge in [-0.15, -0.1) is 0 Å². The van der Waals surface area contributed by atoms with Crippen LogP contribution in [0.25, 0.3) is 11.0 Å². The van der Waals surface area contributed by atoms with Crippen molar-refractivity contribution in [2.24, 2.45) is 0 Å². The fourth-order valence-electron chi connectivity index (χ4n) is 1.50. The van der Waals surface area contributed by atoms with Gasteiger partial charge >= 0.3 is 0 Å². The third-order valence-corrected chi connectivity index (χ3v) is 2.28. The summed E-state index contributed by atoms with van der Waals surface area (Å²) in [5, 5.41) is 3.19. The van der Waals surface area contributed by atoms with Crippen LogP contribution in [0.2, 0.25) is 0 Å². The number of nitrogens with one attached hydrogen (secondary N) is 3. The maximum Gasteiger partial charge on any atom is 0.275 e. The van der Waals surface area contributed by atoms with Gasteiger partial charge in [0.05, 0.1) is 18.5 Å². The molecule has 0 fully saturated rings. The summed E-state index contributed by atoms with van der Waals surface area (Å²) in [4.78, 5) is 21.0. The standard InChI is InChI=1S/C10H14N4O2/c1-16-3-2-11-5-7-4-8-9(14-7)10(15)13-6-12-8/h4,6,11,14H,2-3,5H2,1H3,(H,12,13,15). The Morgan fingerprint density at radius 3 is 3.19 bits per heavy atom. The molecular weight excluding hydrogens is 208 g/mol. The summed E-state index contributed by atoms with van der Waals surface area (Å²) >= 11 is 0. The summed E-state index contributed by atoms with van der Waals surface area (Å²) in [5.74, 6) is 0. The van der Waals surface area contributed by atoms with Crippen molar-refractivity contribution in [1.82, 2.24) is 20.3 Å². The van der Waals surface area contributed by atoms with E-state index in [9.17, 15) is 4.79 Å². The first-order valence-electron chi connectivity index (χ1n) is 5.06. The molecule has 6 nitrogen and oxygen atoms in total. The Morgan fingerprint density at radius 1 is 1.56 bits per heavy atom. The number of aromatic amines is 2. The molecule has 2 heterocycles. The van der Waals surface area contributed by atoms with Crippen LogP contribution in [0.3, 0.4) is 0 Å². The molecule has 2 aromatic heterocycles. The lowest BCUT2D eigenvalue weighted by Crippen LogP contribution is -2.18. The molecular formula is C10H14N4O2. The van der Waals surface area contributed by atoms with Crippen LogP contribution in [0.5, 0.6) is 0 Å². The number of rotatable bonds is 5. The molecule has 0 amide bonds. The largest absolute Gasteiger partial charge is 0.383 e. The summed E-state index contributed by atoms with van der Waals surface area (Å²) < 4.78 is 4.92. The first kappa shape index (κ1) is 10.8. The Hall–Kier alpha value is -1.66. The van der Waals surface area contributed by atoms with Crippen LogP contribution in [0.4, 0.5) is 0 Å². The maximum absolute atomic E-state index is 11.4. The van der Waals surface area contributed by atoms with Crippen LogP contribution in [-0.4, -0.2) is 35.2 Å². The summed E-state index contributed by atoms with van der Waals surface area (Å²) in [6, 6.07) is 1.87. The molecule has 2 rings (SSSR count). The van der Waals surface area contributed by atoms with Crippen molar-refractivity contribution in [3.8, 4) is 0 Å². The monoisotopic (exact) mass is 222 g/mol. The average Bonchev–Trinajstić information content (AvgIpc) is 2.69. The molecule has 3 N–H and O–H groups in total. The van der Waals surface area contributed by atoms with Crippen molar-refractivity contribution in [2.45, 2.75) is 6.54 Å². The van der Waals surface area contributed by atoms with E-state index in [-0.39, 0.29) is 5.56 Å². The van der Waals surface area contributed by atoms with E-state index in [1.165, 1.54) is 6.33 Å². The number of H-pyrrole nitrogens is 2. The Balaban J connectivity index is 2.08. The number of aromatic nitrogens is 3. The van der Waals surface area contributed by atoms with E-state index in [2.05, 4.69) is 20.3 Å². The highest BCUT2D eigenvalue weighted by atomic mass is 16.5. The van der Waals surface area contributed by atoms with Gasteiger partial charge in [0.2, 0.25) is 0 Å². The molecule has 2 aromatic rings. The molecule has 0 aliphatic carbocycles. The zero-order valence-electron chi connectivity index (χ0n) is 9.04. The predicted octanol–water partition coefficient (Wildman–Crippen LogP) is -0.0128. The van der Waals surface area contributed by atoms with Crippen LogP contribution in [-0.2, 0) is 11.3 Å². The molecule has 0 bridgehead atoms.